The Labute approximate surface area is 191 Å². The summed E-state index contributed by atoms with van der Waals surface area (Å²) in [5.74, 6) is -1.02. The van der Waals surface area contributed by atoms with Gasteiger partial charge in [0.15, 0.2) is 5.41 Å². The molecule has 0 saturated heterocycles. The number of rotatable bonds is 15. The van der Waals surface area contributed by atoms with Gasteiger partial charge in [-0.15, -0.1) is 0 Å². The number of carbonyl (C=O) groups excluding carboxylic acids is 1. The molecule has 2 aromatic rings. The fourth-order valence-corrected chi connectivity index (χ4v) is 3.75. The maximum atomic E-state index is 12.8. The number of aliphatic carboxylic acids is 1. The van der Waals surface area contributed by atoms with E-state index in [0.29, 0.717) is 13.0 Å². The first-order valence-electron chi connectivity index (χ1n) is 11.7. The maximum Gasteiger partial charge on any atom is 0.323 e. The van der Waals surface area contributed by atoms with Gasteiger partial charge < -0.3 is 14.6 Å². The summed E-state index contributed by atoms with van der Waals surface area (Å²) in [7, 11) is 0. The molecule has 5 heteroatoms. The van der Waals surface area contributed by atoms with Crippen LogP contribution in [0.25, 0.3) is 0 Å². The molecule has 0 bridgehead atoms. The molecule has 0 amide bonds. The first-order chi connectivity index (χ1) is 15.5. The molecule has 2 rings (SSSR count). The van der Waals surface area contributed by atoms with Gasteiger partial charge in [0.2, 0.25) is 0 Å². The molecular weight excluding hydrogens is 404 g/mol. The number of carboxylic acids is 1. The standard InChI is InChI=1S/C27H36O5/c1-3-5-6-7-11-20-32-24-16-14-22(15-17-24)18-19-27(25(28)29,26(30)31-4-2)21-23-12-9-8-10-13-23/h8-10,12-17H,3-7,11,18-21H2,1-2H3,(H,28,29). The molecular formula is C27H36O5. The summed E-state index contributed by atoms with van der Waals surface area (Å²) in [5.41, 5.74) is 0.138. The summed E-state index contributed by atoms with van der Waals surface area (Å²) < 4.78 is 11.0. The van der Waals surface area contributed by atoms with Gasteiger partial charge in [-0.25, -0.2) is 0 Å². The van der Waals surface area contributed by atoms with Crippen molar-refractivity contribution in [1.82, 2.24) is 0 Å². The van der Waals surface area contributed by atoms with E-state index in [9.17, 15) is 14.7 Å². The normalized spacial score (nSPS) is 12.7. The Hall–Kier alpha value is -2.82. The van der Waals surface area contributed by atoms with E-state index in [2.05, 4.69) is 6.92 Å². The van der Waals surface area contributed by atoms with E-state index in [0.717, 1.165) is 23.3 Å². The minimum absolute atomic E-state index is 0.0984. The van der Waals surface area contributed by atoms with Crippen molar-refractivity contribution in [2.45, 2.75) is 65.2 Å². The molecule has 0 aromatic heterocycles. The van der Waals surface area contributed by atoms with Crippen LogP contribution in [0.4, 0.5) is 0 Å². The number of aryl methyl sites for hydroxylation is 1. The average molecular weight is 441 g/mol. The van der Waals surface area contributed by atoms with E-state index >= 15 is 0 Å². The second-order valence-corrected chi connectivity index (χ2v) is 8.18. The predicted octanol–water partition coefficient (Wildman–Crippen LogP) is 5.85. The monoisotopic (exact) mass is 440 g/mol. The van der Waals surface area contributed by atoms with Crippen LogP contribution < -0.4 is 4.74 Å². The highest BCUT2D eigenvalue weighted by molar-refractivity contribution is 5.99. The van der Waals surface area contributed by atoms with Crippen LogP contribution in [-0.4, -0.2) is 30.3 Å². The Morgan fingerprint density at radius 3 is 2.19 bits per heavy atom. The minimum Gasteiger partial charge on any atom is -0.494 e. The Morgan fingerprint density at radius 1 is 0.875 bits per heavy atom. The Bertz CT molecular complexity index is 816. The van der Waals surface area contributed by atoms with Crippen molar-refractivity contribution < 1.29 is 24.2 Å². The van der Waals surface area contributed by atoms with Crippen molar-refractivity contribution in [3.8, 4) is 5.75 Å². The van der Waals surface area contributed by atoms with Crippen molar-refractivity contribution >= 4 is 11.9 Å². The number of unbranched alkanes of at least 4 members (excludes halogenated alkanes) is 4. The molecule has 2 aromatic carbocycles. The molecule has 0 saturated carbocycles. The van der Waals surface area contributed by atoms with Crippen LogP contribution >= 0.6 is 0 Å². The van der Waals surface area contributed by atoms with Crippen LogP contribution in [0.3, 0.4) is 0 Å². The van der Waals surface area contributed by atoms with E-state index < -0.39 is 17.4 Å². The lowest BCUT2D eigenvalue weighted by molar-refractivity contribution is -0.169. The van der Waals surface area contributed by atoms with Gasteiger partial charge in [-0.1, -0.05) is 75.1 Å². The fraction of sp³-hybridized carbons (Fsp3) is 0.481. The number of carboxylic acid groups (broad SMARTS) is 1. The predicted molar refractivity (Wildman–Crippen MR) is 126 cm³/mol. The van der Waals surface area contributed by atoms with Gasteiger partial charge in [0, 0.05) is 0 Å². The molecule has 0 fully saturated rings. The van der Waals surface area contributed by atoms with Crippen molar-refractivity contribution in [2.75, 3.05) is 13.2 Å². The molecule has 0 aliphatic carbocycles. The second-order valence-electron chi connectivity index (χ2n) is 8.18. The number of ether oxygens (including phenoxy) is 2. The zero-order valence-electron chi connectivity index (χ0n) is 19.3. The summed E-state index contributed by atoms with van der Waals surface area (Å²) in [4.78, 5) is 25.1. The van der Waals surface area contributed by atoms with Crippen LogP contribution in [-0.2, 0) is 27.2 Å². The molecule has 1 unspecified atom stereocenters. The maximum absolute atomic E-state index is 12.8. The summed E-state index contributed by atoms with van der Waals surface area (Å²) in [6, 6.07) is 16.9. The molecule has 174 valence electrons. The topological polar surface area (TPSA) is 72.8 Å². The van der Waals surface area contributed by atoms with Crippen molar-refractivity contribution in [1.29, 1.82) is 0 Å². The van der Waals surface area contributed by atoms with Gasteiger partial charge in [-0.3, -0.25) is 9.59 Å². The van der Waals surface area contributed by atoms with Crippen molar-refractivity contribution in [2.24, 2.45) is 5.41 Å². The molecule has 32 heavy (non-hydrogen) atoms. The van der Waals surface area contributed by atoms with Crippen LogP contribution in [0.5, 0.6) is 5.75 Å². The smallest absolute Gasteiger partial charge is 0.323 e. The first kappa shape index (κ1) is 25.4. The SMILES string of the molecule is CCCCCCCOc1ccc(CCC(Cc2ccccc2)(C(=O)O)C(=O)OCC)cc1. The lowest BCUT2D eigenvalue weighted by Gasteiger charge is -2.27. The van der Waals surface area contributed by atoms with Gasteiger partial charge in [0.1, 0.15) is 5.75 Å². The average Bonchev–Trinajstić information content (AvgIpc) is 2.80. The van der Waals surface area contributed by atoms with Gasteiger partial charge >= 0.3 is 11.9 Å². The third-order valence-electron chi connectivity index (χ3n) is 5.70. The summed E-state index contributed by atoms with van der Waals surface area (Å²) in [5, 5.41) is 10.1. The van der Waals surface area contributed by atoms with E-state index in [4.69, 9.17) is 9.47 Å². The number of hydrogen-bond acceptors (Lipinski definition) is 4. The highest BCUT2D eigenvalue weighted by Gasteiger charge is 2.47. The Balaban J connectivity index is 2.02. The highest BCUT2D eigenvalue weighted by atomic mass is 16.5. The molecule has 1 atom stereocenters. The van der Waals surface area contributed by atoms with Crippen molar-refractivity contribution in [3.05, 3.63) is 65.7 Å². The van der Waals surface area contributed by atoms with Crippen molar-refractivity contribution in [3.63, 3.8) is 0 Å². The van der Waals surface area contributed by atoms with Gasteiger partial charge in [-0.05, 0) is 55.9 Å². The van der Waals surface area contributed by atoms with Gasteiger partial charge in [0.05, 0.1) is 13.2 Å². The molecule has 0 aliphatic rings. The summed E-state index contributed by atoms with van der Waals surface area (Å²) in [6.07, 6.45) is 6.67. The number of benzene rings is 2. The zero-order chi connectivity index (χ0) is 23.2. The lowest BCUT2D eigenvalue weighted by Crippen LogP contribution is -2.43. The largest absolute Gasteiger partial charge is 0.494 e. The van der Waals surface area contributed by atoms with E-state index in [-0.39, 0.29) is 19.4 Å². The van der Waals surface area contributed by atoms with E-state index in [1.165, 1.54) is 25.7 Å². The third kappa shape index (κ3) is 7.70. The van der Waals surface area contributed by atoms with E-state index in [1.54, 1.807) is 6.92 Å². The molecule has 1 N–H and O–H groups in total. The molecule has 0 aliphatic heterocycles. The van der Waals surface area contributed by atoms with Crippen LogP contribution in [0, 0.1) is 5.41 Å². The quantitative estimate of drug-likeness (QED) is 0.214. The Morgan fingerprint density at radius 2 is 1.56 bits per heavy atom. The van der Waals surface area contributed by atoms with Gasteiger partial charge in [0.25, 0.3) is 0 Å². The lowest BCUT2D eigenvalue weighted by atomic mass is 9.77. The highest BCUT2D eigenvalue weighted by Crippen LogP contribution is 2.32. The fourth-order valence-electron chi connectivity index (χ4n) is 3.75. The first-order valence-corrected chi connectivity index (χ1v) is 11.7. The second kappa shape index (κ2) is 13.6. The minimum atomic E-state index is -1.62. The molecule has 0 spiro atoms. The van der Waals surface area contributed by atoms with Gasteiger partial charge in [-0.2, -0.15) is 0 Å². The number of hydrogen-bond donors (Lipinski definition) is 1. The summed E-state index contributed by atoms with van der Waals surface area (Å²) in [6.45, 7) is 4.74. The van der Waals surface area contributed by atoms with Crippen LogP contribution in [0.1, 0.15) is 63.5 Å². The molecule has 0 radical (unpaired) electrons. The third-order valence-corrected chi connectivity index (χ3v) is 5.70. The van der Waals surface area contributed by atoms with Crippen LogP contribution in [0.15, 0.2) is 54.6 Å². The van der Waals surface area contributed by atoms with E-state index in [1.807, 2.05) is 54.6 Å². The summed E-state index contributed by atoms with van der Waals surface area (Å²) >= 11 is 0. The molecule has 0 heterocycles. The zero-order valence-corrected chi connectivity index (χ0v) is 19.3. The molecule has 5 nitrogen and oxygen atoms in total. The number of esters is 1. The Kier molecular flexibility index (Phi) is 10.8. The van der Waals surface area contributed by atoms with Crippen LogP contribution in [0.2, 0.25) is 0 Å². The number of carbonyl (C=O) groups is 2.